The number of piperidine rings is 1. The maximum atomic E-state index is 13.3. The Labute approximate surface area is 203 Å². The lowest BCUT2D eigenvalue weighted by molar-refractivity contribution is -0.134. The lowest BCUT2D eigenvalue weighted by Crippen LogP contribution is -2.50. The first-order valence-electron chi connectivity index (χ1n) is 13.0. The van der Waals surface area contributed by atoms with Crippen molar-refractivity contribution < 1.29 is 17.2 Å². The highest BCUT2D eigenvalue weighted by Gasteiger charge is 2.40. The summed E-state index contributed by atoms with van der Waals surface area (Å²) < 4.78 is 5.28. The molecule has 2 atom stereocenters. The molecule has 3 aliphatic rings. The van der Waals surface area contributed by atoms with E-state index in [9.17, 15) is 9.59 Å². The molecule has 8 heteroatoms. The summed E-state index contributed by atoms with van der Waals surface area (Å²) in [5.74, 6) is 0.234. The fourth-order valence-corrected chi connectivity index (χ4v) is 4.71. The molecule has 0 spiro atoms. The molecule has 2 unspecified atom stereocenters. The minimum absolute atomic E-state index is 0. The Morgan fingerprint density at radius 2 is 1.85 bits per heavy atom. The quantitative estimate of drug-likeness (QED) is 0.488. The van der Waals surface area contributed by atoms with Crippen molar-refractivity contribution in [1.29, 1.82) is 0 Å². The SMILES string of the molecule is CC.CCCN1NC(C(=O)N2CCCCC2)C2=C1CCC(NCCNC(=O)OC(C)(C)C)C2.[HH].[HH]. The van der Waals surface area contributed by atoms with E-state index in [1.54, 1.807) is 0 Å². The molecule has 0 aromatic rings. The van der Waals surface area contributed by atoms with E-state index in [-0.39, 0.29) is 20.9 Å². The van der Waals surface area contributed by atoms with Crippen molar-refractivity contribution in [3.63, 3.8) is 0 Å². The number of carbonyl (C=O) groups is 2. The smallest absolute Gasteiger partial charge is 0.407 e. The van der Waals surface area contributed by atoms with Crippen molar-refractivity contribution in [1.82, 2.24) is 26.0 Å². The van der Waals surface area contributed by atoms with E-state index in [2.05, 4.69) is 28.0 Å². The number of allylic oxidation sites excluding steroid dienone is 1. The third kappa shape index (κ3) is 8.18. The van der Waals surface area contributed by atoms with E-state index < -0.39 is 5.60 Å². The van der Waals surface area contributed by atoms with E-state index in [0.717, 1.165) is 58.2 Å². The Kier molecular flexibility index (Phi) is 11.0. The van der Waals surface area contributed by atoms with Gasteiger partial charge in [0.25, 0.3) is 0 Å². The second-order valence-corrected chi connectivity index (χ2v) is 9.89. The van der Waals surface area contributed by atoms with E-state index in [4.69, 9.17) is 4.74 Å². The summed E-state index contributed by atoms with van der Waals surface area (Å²) in [5.41, 5.74) is 5.61. The second-order valence-electron chi connectivity index (χ2n) is 9.89. The Bertz CT molecular complexity index is 679. The summed E-state index contributed by atoms with van der Waals surface area (Å²) in [5, 5.41) is 8.59. The van der Waals surface area contributed by atoms with Crippen LogP contribution >= 0.6 is 0 Å². The van der Waals surface area contributed by atoms with Crippen LogP contribution in [0.15, 0.2) is 11.3 Å². The van der Waals surface area contributed by atoms with Crippen molar-refractivity contribution in [2.45, 2.75) is 104 Å². The molecule has 194 valence electrons. The van der Waals surface area contributed by atoms with Crippen LogP contribution in [0.1, 0.15) is 89.3 Å². The zero-order valence-electron chi connectivity index (χ0n) is 21.8. The second kappa shape index (κ2) is 13.2. The van der Waals surface area contributed by atoms with Crippen molar-refractivity contribution in [3.8, 4) is 0 Å². The van der Waals surface area contributed by atoms with Gasteiger partial charge in [-0.1, -0.05) is 20.8 Å². The number of likely N-dealkylation sites (tertiary alicyclic amines) is 1. The van der Waals surface area contributed by atoms with Gasteiger partial charge in [-0.25, -0.2) is 10.2 Å². The predicted octanol–water partition coefficient (Wildman–Crippen LogP) is 4.04. The number of alkyl carbamates (subject to hydrolysis) is 1. The average Bonchev–Trinajstić information content (AvgIpc) is 3.15. The number of nitrogens with one attached hydrogen (secondary N) is 3. The average molecular weight is 470 g/mol. The Morgan fingerprint density at radius 3 is 2.48 bits per heavy atom. The fraction of sp³-hybridized carbons (Fsp3) is 0.840. The van der Waals surface area contributed by atoms with E-state index in [0.29, 0.717) is 19.1 Å². The monoisotopic (exact) mass is 469 g/mol. The third-order valence-corrected chi connectivity index (χ3v) is 6.11. The van der Waals surface area contributed by atoms with Gasteiger partial charge in [0, 0.05) is 47.3 Å². The highest BCUT2D eigenvalue weighted by atomic mass is 16.6. The minimum atomic E-state index is -0.487. The van der Waals surface area contributed by atoms with Crippen LogP contribution in [0.5, 0.6) is 0 Å². The predicted molar refractivity (Wildman–Crippen MR) is 137 cm³/mol. The lowest BCUT2D eigenvalue weighted by Gasteiger charge is -2.31. The van der Waals surface area contributed by atoms with Crippen LogP contribution in [0.2, 0.25) is 0 Å². The van der Waals surface area contributed by atoms with Gasteiger partial charge in [-0.15, -0.1) is 0 Å². The molecule has 0 aromatic carbocycles. The largest absolute Gasteiger partial charge is 0.444 e. The fourth-order valence-electron chi connectivity index (χ4n) is 4.71. The van der Waals surface area contributed by atoms with E-state index in [1.807, 2.05) is 39.5 Å². The minimum Gasteiger partial charge on any atom is -0.444 e. The number of carbonyl (C=O) groups excluding carboxylic acids is 2. The van der Waals surface area contributed by atoms with E-state index in [1.165, 1.54) is 17.7 Å². The van der Waals surface area contributed by atoms with Gasteiger partial charge in [-0.3, -0.25) is 4.79 Å². The zero-order valence-corrected chi connectivity index (χ0v) is 21.8. The molecule has 3 rings (SSSR count). The highest BCUT2D eigenvalue weighted by molar-refractivity contribution is 5.86. The first kappa shape index (κ1) is 27.4. The van der Waals surface area contributed by atoms with Crippen LogP contribution < -0.4 is 16.1 Å². The van der Waals surface area contributed by atoms with Gasteiger partial charge >= 0.3 is 6.09 Å². The molecule has 2 heterocycles. The van der Waals surface area contributed by atoms with Crippen LogP contribution in [0.4, 0.5) is 4.79 Å². The summed E-state index contributed by atoms with van der Waals surface area (Å²) in [7, 11) is 0. The Hall–Kier alpha value is -1.80. The van der Waals surface area contributed by atoms with Gasteiger partial charge in [0.15, 0.2) is 0 Å². The van der Waals surface area contributed by atoms with Crippen LogP contribution in [-0.2, 0) is 9.53 Å². The van der Waals surface area contributed by atoms with Crippen molar-refractivity contribution in [3.05, 3.63) is 11.3 Å². The van der Waals surface area contributed by atoms with Crippen LogP contribution in [0.3, 0.4) is 0 Å². The first-order valence-corrected chi connectivity index (χ1v) is 13.0. The maximum Gasteiger partial charge on any atom is 0.407 e. The van der Waals surface area contributed by atoms with Gasteiger partial charge in [0.2, 0.25) is 5.91 Å². The molecule has 0 radical (unpaired) electrons. The van der Waals surface area contributed by atoms with Gasteiger partial charge < -0.3 is 25.3 Å². The van der Waals surface area contributed by atoms with Gasteiger partial charge in [-0.2, -0.15) is 0 Å². The van der Waals surface area contributed by atoms with Crippen LogP contribution in [-0.4, -0.2) is 72.3 Å². The molecule has 1 fully saturated rings. The third-order valence-electron chi connectivity index (χ3n) is 6.11. The topological polar surface area (TPSA) is 85.9 Å². The number of nitrogens with zero attached hydrogens (tertiary/aromatic N) is 2. The molecule has 1 saturated heterocycles. The molecule has 8 nitrogen and oxygen atoms in total. The molecule has 3 N–H and O–H groups in total. The molecule has 2 aliphatic heterocycles. The number of hydrogen-bond donors (Lipinski definition) is 3. The van der Waals surface area contributed by atoms with E-state index >= 15 is 0 Å². The van der Waals surface area contributed by atoms with Gasteiger partial charge in [0.05, 0.1) is 0 Å². The van der Waals surface area contributed by atoms with Crippen LogP contribution in [0, 0.1) is 0 Å². The van der Waals surface area contributed by atoms with Gasteiger partial charge in [-0.05, 0) is 71.3 Å². The number of hydrogen-bond acceptors (Lipinski definition) is 6. The molecular weight excluding hydrogens is 418 g/mol. The lowest BCUT2D eigenvalue weighted by atomic mass is 9.88. The maximum absolute atomic E-state index is 13.3. The van der Waals surface area contributed by atoms with Crippen molar-refractivity contribution >= 4 is 12.0 Å². The van der Waals surface area contributed by atoms with Crippen LogP contribution in [0.25, 0.3) is 0 Å². The molecule has 1 aliphatic carbocycles. The molecule has 0 aromatic heterocycles. The number of hydrazine groups is 1. The summed E-state index contributed by atoms with van der Waals surface area (Å²) in [6.45, 7) is 15.6. The molecule has 0 saturated carbocycles. The van der Waals surface area contributed by atoms with Crippen molar-refractivity contribution in [2.24, 2.45) is 0 Å². The van der Waals surface area contributed by atoms with Gasteiger partial charge in [0.1, 0.15) is 11.6 Å². The molecule has 0 bridgehead atoms. The first-order chi connectivity index (χ1) is 15.8. The number of amides is 2. The summed E-state index contributed by atoms with van der Waals surface area (Å²) in [6.07, 6.45) is 6.99. The number of ether oxygens (including phenoxy) is 1. The normalized spacial score (nSPS) is 23.0. The molecule has 33 heavy (non-hydrogen) atoms. The Morgan fingerprint density at radius 1 is 1.15 bits per heavy atom. The highest BCUT2D eigenvalue weighted by Crippen LogP contribution is 2.34. The van der Waals surface area contributed by atoms with Crippen molar-refractivity contribution in [2.75, 3.05) is 32.7 Å². The zero-order chi connectivity index (χ0) is 24.4. The standard InChI is InChI=1S/C23H41N5O3.C2H6.2H2/c1-5-13-28-19-10-9-17(24-11-12-25-22(30)31-23(2,3)4)16-18(19)20(26-28)21(29)27-14-7-6-8-15-27;1-2;;/h17,20,24,26H,5-16H2,1-4H3,(H,25,30);1-2H3;2*1H. The summed E-state index contributed by atoms with van der Waals surface area (Å²) in [6, 6.07) is 0.100. The number of rotatable bonds is 7. The summed E-state index contributed by atoms with van der Waals surface area (Å²) >= 11 is 0. The Balaban J connectivity index is 0.00000282. The molecule has 2 amide bonds. The molecular formula is C25H51N5O3. The summed E-state index contributed by atoms with van der Waals surface area (Å²) in [4.78, 5) is 27.1.